The van der Waals surface area contributed by atoms with Gasteiger partial charge in [-0.3, -0.25) is 13.8 Å². The SMILES string of the molecule is CCCCCCCCCCCCCCCCCCCCCCCCCCCCCCCCC(=O)N[C@@H](COP(=O)(O)OC1C(O)C(O)C(O)[C@@H](O)C1O)[C@H](O)CCCCCCCCCCCCCCCCCC. The summed E-state index contributed by atoms with van der Waals surface area (Å²) in [6.45, 7) is 3.95. The summed E-state index contributed by atoms with van der Waals surface area (Å²) in [6, 6.07) is -1.03. The minimum absolute atomic E-state index is 0.244. The van der Waals surface area contributed by atoms with Crippen molar-refractivity contribution in [3.05, 3.63) is 0 Å². The van der Waals surface area contributed by atoms with E-state index in [1.165, 1.54) is 244 Å². The van der Waals surface area contributed by atoms with Crippen molar-refractivity contribution in [2.24, 2.45) is 0 Å². The monoisotopic (exact) mass is 1060 g/mol. The van der Waals surface area contributed by atoms with Crippen LogP contribution in [0.25, 0.3) is 0 Å². The smallest absolute Gasteiger partial charge is 0.391 e. The molecule has 0 aromatic heterocycles. The number of phosphoric acid groups is 1. The van der Waals surface area contributed by atoms with Crippen LogP contribution in [0.3, 0.4) is 0 Å². The number of hydrogen-bond acceptors (Lipinski definition) is 10. The standard InChI is InChI=1S/C60H120NO11P/c1-3-5-7-9-11-13-15-17-19-21-22-23-24-25-26-27-28-29-30-31-32-33-34-36-38-40-42-44-46-48-50-54(63)61-52(51-71-73(69,70)72-60-58(67)56(65)55(64)57(66)59(60)68)53(62)49-47-45-43-41-39-37-35-20-18-16-14-12-10-8-6-4-2/h52-53,55-60,62,64-68H,3-51H2,1-2H3,(H,61,63)(H,69,70)/t52-,53+,55?,56+,57?,58?,59?,60?/m0/s1. The van der Waals surface area contributed by atoms with Gasteiger partial charge in [0.2, 0.25) is 5.91 Å². The molecule has 0 aromatic carbocycles. The number of amides is 1. The second-order valence-electron chi connectivity index (χ2n) is 22.6. The summed E-state index contributed by atoms with van der Waals surface area (Å²) >= 11 is 0. The Labute approximate surface area is 448 Å². The van der Waals surface area contributed by atoms with E-state index in [2.05, 4.69) is 19.2 Å². The first kappa shape index (κ1) is 70.4. The summed E-state index contributed by atoms with van der Waals surface area (Å²) in [5, 5.41) is 64.5. The number of aliphatic hydroxyl groups excluding tert-OH is 6. The fraction of sp³-hybridized carbons (Fsp3) is 0.983. The van der Waals surface area contributed by atoms with Crippen molar-refractivity contribution in [2.45, 2.75) is 371 Å². The van der Waals surface area contributed by atoms with Crippen LogP contribution in [0.1, 0.15) is 322 Å². The van der Waals surface area contributed by atoms with Crippen LogP contribution in [0, 0.1) is 0 Å². The lowest BCUT2D eigenvalue weighted by molar-refractivity contribution is -0.220. The Hall–Kier alpha value is -0.660. The van der Waals surface area contributed by atoms with E-state index in [1.54, 1.807) is 0 Å². The number of hydrogen-bond donors (Lipinski definition) is 8. The highest BCUT2D eigenvalue weighted by atomic mass is 31.2. The van der Waals surface area contributed by atoms with Gasteiger partial charge in [0.05, 0.1) is 18.8 Å². The molecule has 0 radical (unpaired) electrons. The van der Waals surface area contributed by atoms with Gasteiger partial charge in [-0.05, 0) is 12.8 Å². The van der Waals surface area contributed by atoms with E-state index in [9.17, 15) is 44.9 Å². The van der Waals surface area contributed by atoms with Crippen molar-refractivity contribution in [2.75, 3.05) is 6.61 Å². The summed E-state index contributed by atoms with van der Waals surface area (Å²) in [4.78, 5) is 23.6. The Balaban J connectivity index is 2.22. The Morgan fingerprint density at radius 3 is 0.945 bits per heavy atom. The lowest BCUT2D eigenvalue weighted by atomic mass is 9.85. The molecule has 0 spiro atoms. The highest BCUT2D eigenvalue weighted by Gasteiger charge is 2.51. The maximum atomic E-state index is 13.1. The van der Waals surface area contributed by atoms with Crippen molar-refractivity contribution in [1.29, 1.82) is 0 Å². The van der Waals surface area contributed by atoms with Gasteiger partial charge in [-0.2, -0.15) is 0 Å². The lowest BCUT2D eigenvalue weighted by Gasteiger charge is -2.41. The summed E-state index contributed by atoms with van der Waals surface area (Å²) < 4.78 is 23.1. The van der Waals surface area contributed by atoms with E-state index in [0.717, 1.165) is 38.5 Å². The maximum absolute atomic E-state index is 13.1. The van der Waals surface area contributed by atoms with E-state index in [1.807, 2.05) is 0 Å². The van der Waals surface area contributed by atoms with Crippen LogP contribution < -0.4 is 5.32 Å². The molecule has 1 amide bonds. The molecule has 9 atom stereocenters. The van der Waals surface area contributed by atoms with E-state index in [0.29, 0.717) is 19.3 Å². The first-order valence-electron chi connectivity index (χ1n) is 31.5. The van der Waals surface area contributed by atoms with Gasteiger partial charge in [-0.25, -0.2) is 4.57 Å². The second kappa shape index (κ2) is 49.6. The zero-order chi connectivity index (χ0) is 53.5. The largest absolute Gasteiger partial charge is 0.472 e. The first-order valence-corrected chi connectivity index (χ1v) is 33.0. The molecule has 8 N–H and O–H groups in total. The molecule has 73 heavy (non-hydrogen) atoms. The molecule has 0 aliphatic heterocycles. The Morgan fingerprint density at radius 2 is 0.658 bits per heavy atom. The summed E-state index contributed by atoms with van der Waals surface area (Å²) in [5.41, 5.74) is 0. The van der Waals surface area contributed by atoms with Gasteiger partial charge in [0, 0.05) is 6.42 Å². The molecular formula is C60H120NO11P. The molecule has 1 aliphatic carbocycles. The van der Waals surface area contributed by atoms with Crippen molar-refractivity contribution >= 4 is 13.7 Å². The van der Waals surface area contributed by atoms with Crippen LogP contribution in [0.2, 0.25) is 0 Å². The summed E-state index contributed by atoms with van der Waals surface area (Å²) in [6.07, 6.45) is 47.3. The van der Waals surface area contributed by atoms with Crippen molar-refractivity contribution in [1.82, 2.24) is 5.32 Å². The van der Waals surface area contributed by atoms with Crippen molar-refractivity contribution < 1.29 is 53.9 Å². The third-order valence-electron chi connectivity index (χ3n) is 15.7. The summed E-state index contributed by atoms with van der Waals surface area (Å²) in [7, 11) is -5.06. The van der Waals surface area contributed by atoms with E-state index in [4.69, 9.17) is 9.05 Å². The molecule has 0 heterocycles. The van der Waals surface area contributed by atoms with Gasteiger partial charge in [0.1, 0.15) is 36.6 Å². The molecule has 0 saturated heterocycles. The second-order valence-corrected chi connectivity index (χ2v) is 24.0. The van der Waals surface area contributed by atoms with Crippen LogP contribution in [-0.2, 0) is 18.4 Å². The highest BCUT2D eigenvalue weighted by molar-refractivity contribution is 7.47. The van der Waals surface area contributed by atoms with E-state index >= 15 is 0 Å². The molecule has 1 fully saturated rings. The normalized spacial score (nSPS) is 20.8. The molecule has 0 bridgehead atoms. The first-order chi connectivity index (χ1) is 35.4. The average molecular weight is 1060 g/mol. The molecule has 12 nitrogen and oxygen atoms in total. The minimum atomic E-state index is -5.06. The van der Waals surface area contributed by atoms with Gasteiger partial charge in [-0.1, -0.05) is 303 Å². The molecule has 0 aromatic rings. The van der Waals surface area contributed by atoms with Gasteiger partial charge in [-0.15, -0.1) is 0 Å². The van der Waals surface area contributed by atoms with Crippen LogP contribution in [0.4, 0.5) is 0 Å². The molecule has 1 saturated carbocycles. The molecule has 6 unspecified atom stereocenters. The average Bonchev–Trinajstić information content (AvgIpc) is 3.38. The third-order valence-corrected chi connectivity index (χ3v) is 16.7. The minimum Gasteiger partial charge on any atom is -0.391 e. The van der Waals surface area contributed by atoms with Crippen LogP contribution in [-0.4, -0.2) is 96.8 Å². The van der Waals surface area contributed by atoms with Crippen LogP contribution >= 0.6 is 7.82 Å². The lowest BCUT2D eigenvalue weighted by Crippen LogP contribution is -2.64. The predicted octanol–water partition coefficient (Wildman–Crippen LogP) is 14.9. The number of carbonyl (C=O) groups is 1. The quantitative estimate of drug-likeness (QED) is 0.0212. The zero-order valence-corrected chi connectivity index (χ0v) is 48.4. The van der Waals surface area contributed by atoms with E-state index in [-0.39, 0.29) is 12.3 Å². The molecule has 13 heteroatoms. The van der Waals surface area contributed by atoms with Gasteiger partial charge in [0.15, 0.2) is 0 Å². The topological polar surface area (TPSA) is 206 Å². The van der Waals surface area contributed by atoms with Crippen LogP contribution in [0.5, 0.6) is 0 Å². The molecular weight excluding hydrogens is 942 g/mol. The Bertz CT molecular complexity index is 1230. The Kier molecular flexibility index (Phi) is 47.8. The van der Waals surface area contributed by atoms with E-state index < -0.39 is 63.2 Å². The van der Waals surface area contributed by atoms with Gasteiger partial charge >= 0.3 is 7.82 Å². The maximum Gasteiger partial charge on any atom is 0.472 e. The predicted molar refractivity (Wildman–Crippen MR) is 302 cm³/mol. The number of aliphatic hydroxyl groups is 6. The summed E-state index contributed by atoms with van der Waals surface area (Å²) in [5.74, 6) is -0.299. The fourth-order valence-electron chi connectivity index (χ4n) is 10.6. The van der Waals surface area contributed by atoms with Crippen molar-refractivity contribution in [3.63, 3.8) is 0 Å². The molecule has 436 valence electrons. The zero-order valence-electron chi connectivity index (χ0n) is 47.5. The third kappa shape index (κ3) is 40.2. The highest BCUT2D eigenvalue weighted by Crippen LogP contribution is 2.47. The molecule has 1 aliphatic rings. The van der Waals surface area contributed by atoms with Gasteiger partial charge < -0.3 is 40.8 Å². The number of nitrogens with one attached hydrogen (secondary N) is 1. The Morgan fingerprint density at radius 1 is 0.411 bits per heavy atom. The molecule has 1 rings (SSSR count). The number of carbonyl (C=O) groups excluding carboxylic acids is 1. The number of rotatable bonds is 55. The van der Waals surface area contributed by atoms with Crippen molar-refractivity contribution in [3.8, 4) is 0 Å². The van der Waals surface area contributed by atoms with Crippen LogP contribution in [0.15, 0.2) is 0 Å². The number of phosphoric ester groups is 1. The fourth-order valence-corrected chi connectivity index (χ4v) is 11.6. The number of unbranched alkanes of at least 4 members (excludes halogenated alkanes) is 44. The van der Waals surface area contributed by atoms with Gasteiger partial charge in [0.25, 0.3) is 0 Å².